The van der Waals surface area contributed by atoms with Gasteiger partial charge in [-0.25, -0.2) is 14.2 Å². The van der Waals surface area contributed by atoms with Crippen molar-refractivity contribution in [3.63, 3.8) is 0 Å². The van der Waals surface area contributed by atoms with Crippen LogP contribution in [-0.2, 0) is 27.3 Å². The number of ether oxygens (including phenoxy) is 5. The van der Waals surface area contributed by atoms with Crippen LogP contribution >= 0.6 is 0 Å². The molecule has 0 amide bonds. The smallest absolute Gasteiger partial charge is 0.336 e. The van der Waals surface area contributed by atoms with E-state index in [2.05, 4.69) is 4.98 Å². The quantitative estimate of drug-likeness (QED) is 0.222. The van der Waals surface area contributed by atoms with Gasteiger partial charge >= 0.3 is 11.4 Å². The van der Waals surface area contributed by atoms with E-state index in [1.807, 2.05) is 81.4 Å². The fourth-order valence-corrected chi connectivity index (χ4v) is 4.57. The zero-order valence-corrected chi connectivity index (χ0v) is 25.5. The van der Waals surface area contributed by atoms with Gasteiger partial charge in [0.05, 0.1) is 25.2 Å². The summed E-state index contributed by atoms with van der Waals surface area (Å²) in [6, 6.07) is 21.3. The highest BCUT2D eigenvalue weighted by Crippen LogP contribution is 2.22. The third-order valence-electron chi connectivity index (χ3n) is 6.65. The fourth-order valence-electron chi connectivity index (χ4n) is 4.57. The number of H-pyrrole nitrogens is 1. The van der Waals surface area contributed by atoms with Gasteiger partial charge in [0.15, 0.2) is 12.5 Å². The van der Waals surface area contributed by atoms with Crippen molar-refractivity contribution < 1.29 is 23.7 Å². The third-order valence-corrected chi connectivity index (χ3v) is 6.65. The second kappa shape index (κ2) is 16.4. The zero-order chi connectivity index (χ0) is 32.2. The fraction of sp³-hybridized carbons (Fsp3) is 0.375. The molecule has 5 rings (SSSR count). The maximum absolute atomic E-state index is 12.5. The van der Waals surface area contributed by atoms with E-state index in [9.17, 15) is 19.2 Å². The lowest BCUT2D eigenvalue weighted by Gasteiger charge is -2.17. The van der Waals surface area contributed by atoms with Crippen molar-refractivity contribution in [2.75, 3.05) is 33.0 Å². The largest absolute Gasteiger partial charge is 0.474 e. The van der Waals surface area contributed by atoms with Crippen LogP contribution in [0, 0.1) is 0 Å². The summed E-state index contributed by atoms with van der Waals surface area (Å²) >= 11 is 0. The molecule has 0 spiro atoms. The Morgan fingerprint density at radius 3 is 1.93 bits per heavy atom. The second-order valence-electron chi connectivity index (χ2n) is 9.77. The standard InChI is InChI=1S/C17H22N2O5.C15H16N2O4/c1-3-22-16(23-4-2)12-24-14-10-15(20)19(17(21)18-14)11-13-8-6-5-7-9-13;1-2-20-14-10-21-13-8-12(18)16(15(19)17(13)14)9-11-6-4-3-5-7-11/h5-10,16H,3-4,11-12H2,1-2H3,(H,18,21);3-8,14H,2,9-10H2,1H3. The van der Waals surface area contributed by atoms with E-state index in [1.54, 1.807) is 0 Å². The predicted octanol–water partition coefficient (Wildman–Crippen LogP) is 2.35. The highest BCUT2D eigenvalue weighted by molar-refractivity contribution is 5.18. The first-order chi connectivity index (χ1) is 21.8. The first kappa shape index (κ1) is 33.2. The molecule has 1 N–H and O–H groups in total. The molecule has 2 aromatic carbocycles. The lowest BCUT2D eigenvalue weighted by molar-refractivity contribution is -0.152. The number of fused-ring (bicyclic) bond motifs is 1. The molecule has 4 aromatic rings. The van der Waals surface area contributed by atoms with Gasteiger partial charge in [0, 0.05) is 19.8 Å². The van der Waals surface area contributed by atoms with Crippen LogP contribution in [0.3, 0.4) is 0 Å². The highest BCUT2D eigenvalue weighted by atomic mass is 16.7. The van der Waals surface area contributed by atoms with Gasteiger partial charge in [0.1, 0.15) is 13.2 Å². The van der Waals surface area contributed by atoms with Crippen molar-refractivity contribution in [1.82, 2.24) is 18.7 Å². The first-order valence-electron chi connectivity index (χ1n) is 14.7. The molecule has 0 aliphatic carbocycles. The monoisotopic (exact) mass is 622 g/mol. The Bertz CT molecular complexity index is 1710. The lowest BCUT2D eigenvalue weighted by atomic mass is 10.2. The van der Waals surface area contributed by atoms with Crippen molar-refractivity contribution >= 4 is 0 Å². The molecular formula is C32H38N4O9. The maximum Gasteiger partial charge on any atom is 0.336 e. The number of benzene rings is 2. The number of hydrogen-bond acceptors (Lipinski definition) is 9. The van der Waals surface area contributed by atoms with Crippen LogP contribution in [0.15, 0.2) is 92.0 Å². The predicted molar refractivity (Wildman–Crippen MR) is 166 cm³/mol. The van der Waals surface area contributed by atoms with Gasteiger partial charge < -0.3 is 23.7 Å². The molecule has 0 bridgehead atoms. The molecule has 1 aliphatic rings. The summed E-state index contributed by atoms with van der Waals surface area (Å²) in [5.74, 6) is 0.367. The van der Waals surface area contributed by atoms with E-state index in [0.29, 0.717) is 19.8 Å². The van der Waals surface area contributed by atoms with E-state index in [-0.39, 0.29) is 43.6 Å². The number of aromatic amines is 1. The van der Waals surface area contributed by atoms with Crippen LogP contribution in [0.2, 0.25) is 0 Å². The van der Waals surface area contributed by atoms with Crippen LogP contribution in [0.5, 0.6) is 11.8 Å². The summed E-state index contributed by atoms with van der Waals surface area (Å²) in [7, 11) is 0. The molecule has 2 aromatic heterocycles. The van der Waals surface area contributed by atoms with Gasteiger partial charge in [0.2, 0.25) is 11.8 Å². The summed E-state index contributed by atoms with van der Waals surface area (Å²) in [6.07, 6.45) is -1.02. The number of nitrogens with zero attached hydrogens (tertiary/aromatic N) is 3. The Morgan fingerprint density at radius 1 is 0.800 bits per heavy atom. The van der Waals surface area contributed by atoms with Crippen molar-refractivity contribution in [2.45, 2.75) is 46.4 Å². The molecular weight excluding hydrogens is 584 g/mol. The van der Waals surface area contributed by atoms with Gasteiger partial charge in [-0.05, 0) is 31.9 Å². The number of nitrogens with one attached hydrogen (secondary N) is 1. The van der Waals surface area contributed by atoms with Gasteiger partial charge in [0.25, 0.3) is 11.1 Å². The molecule has 1 unspecified atom stereocenters. The number of aromatic nitrogens is 4. The molecule has 13 nitrogen and oxygen atoms in total. The van der Waals surface area contributed by atoms with Gasteiger partial charge in [-0.3, -0.25) is 23.7 Å². The summed E-state index contributed by atoms with van der Waals surface area (Å²) in [5, 5.41) is 0. The summed E-state index contributed by atoms with van der Waals surface area (Å²) in [6.45, 7) is 7.73. The van der Waals surface area contributed by atoms with Crippen molar-refractivity contribution in [3.8, 4) is 11.8 Å². The molecule has 0 radical (unpaired) electrons. The Hall–Kier alpha value is -4.72. The SMILES string of the molecule is CCOC(COc1cc(=O)n(Cc2ccccc2)c(=O)[nH]1)OCC.CCOC1COc2cc(=O)n(Cc3ccccc3)c(=O)n21. The second-order valence-corrected chi connectivity index (χ2v) is 9.77. The Morgan fingerprint density at radius 2 is 1.38 bits per heavy atom. The van der Waals surface area contributed by atoms with Crippen LogP contribution in [-0.4, -0.2) is 58.0 Å². The van der Waals surface area contributed by atoms with Crippen LogP contribution in [0.4, 0.5) is 0 Å². The molecule has 1 atom stereocenters. The van der Waals surface area contributed by atoms with Gasteiger partial charge in [-0.15, -0.1) is 0 Å². The van der Waals surface area contributed by atoms with E-state index >= 15 is 0 Å². The van der Waals surface area contributed by atoms with E-state index < -0.39 is 29.5 Å². The number of rotatable bonds is 13. The highest BCUT2D eigenvalue weighted by Gasteiger charge is 2.27. The molecule has 13 heteroatoms. The number of hydrogen-bond donors (Lipinski definition) is 1. The van der Waals surface area contributed by atoms with Crippen LogP contribution in [0.25, 0.3) is 0 Å². The molecule has 0 fully saturated rings. The lowest BCUT2D eigenvalue weighted by Crippen LogP contribution is -2.40. The van der Waals surface area contributed by atoms with Gasteiger partial charge in [-0.2, -0.15) is 0 Å². The first-order valence-corrected chi connectivity index (χ1v) is 14.7. The van der Waals surface area contributed by atoms with Crippen molar-refractivity contribution in [2.24, 2.45) is 0 Å². The normalized spacial score (nSPS) is 13.6. The molecule has 240 valence electrons. The van der Waals surface area contributed by atoms with Crippen LogP contribution < -0.4 is 32.0 Å². The molecule has 3 heterocycles. The molecule has 0 saturated heterocycles. The Kier molecular flexibility index (Phi) is 12.1. The summed E-state index contributed by atoms with van der Waals surface area (Å²) < 4.78 is 30.7. The summed E-state index contributed by atoms with van der Waals surface area (Å²) in [5.41, 5.74) is 0.0351. The zero-order valence-electron chi connectivity index (χ0n) is 25.5. The van der Waals surface area contributed by atoms with Crippen molar-refractivity contribution in [3.05, 3.63) is 126 Å². The minimum Gasteiger partial charge on any atom is -0.474 e. The van der Waals surface area contributed by atoms with Crippen LogP contribution in [0.1, 0.15) is 38.1 Å². The molecule has 0 saturated carbocycles. The Labute approximate surface area is 259 Å². The van der Waals surface area contributed by atoms with Gasteiger partial charge in [-0.1, -0.05) is 60.7 Å². The van der Waals surface area contributed by atoms with E-state index in [1.165, 1.54) is 21.3 Å². The minimum absolute atomic E-state index is 0.0831. The minimum atomic E-state index is -0.546. The molecule has 45 heavy (non-hydrogen) atoms. The maximum atomic E-state index is 12.5. The third kappa shape index (κ3) is 8.91. The average molecular weight is 623 g/mol. The Balaban J connectivity index is 0.000000206. The van der Waals surface area contributed by atoms with E-state index in [0.717, 1.165) is 15.7 Å². The summed E-state index contributed by atoms with van der Waals surface area (Å²) in [4.78, 5) is 51.5. The average Bonchev–Trinajstić information content (AvgIpc) is 3.44. The molecule has 1 aliphatic heterocycles. The van der Waals surface area contributed by atoms with E-state index in [4.69, 9.17) is 23.7 Å². The van der Waals surface area contributed by atoms with Crippen molar-refractivity contribution in [1.29, 1.82) is 0 Å². The topological polar surface area (TPSA) is 145 Å².